The third-order valence-electron chi connectivity index (χ3n) is 5.36. The van der Waals surface area contributed by atoms with Crippen LogP contribution in [0.15, 0.2) is 24.4 Å². The summed E-state index contributed by atoms with van der Waals surface area (Å²) in [6, 6.07) is 5.44. The number of aromatic nitrogens is 2. The summed E-state index contributed by atoms with van der Waals surface area (Å²) in [5.74, 6) is -0.686. The summed E-state index contributed by atoms with van der Waals surface area (Å²) >= 11 is 6.39. The fourth-order valence-electron chi connectivity index (χ4n) is 3.67. The molecule has 4 N–H and O–H groups in total. The number of nitrogens with zero attached hydrogens (tertiary/aromatic N) is 2. The molecule has 2 aliphatic rings. The summed E-state index contributed by atoms with van der Waals surface area (Å²) in [6.07, 6.45) is 3.16. The van der Waals surface area contributed by atoms with Crippen molar-refractivity contribution in [2.24, 2.45) is 0 Å². The van der Waals surface area contributed by atoms with E-state index in [1.54, 1.807) is 12.1 Å². The summed E-state index contributed by atoms with van der Waals surface area (Å²) in [4.78, 5) is 27.5. The lowest BCUT2D eigenvalue weighted by Crippen LogP contribution is -2.43. The SMILES string of the molecule is O=C(Nc1cn[nH]c1C(=O)NC1CCNCC1)c1ccc(N2CCOCC2)cc1Cl.[HH]. The maximum absolute atomic E-state index is 12.8. The molecule has 0 spiro atoms. The number of piperidine rings is 1. The summed E-state index contributed by atoms with van der Waals surface area (Å²) < 4.78 is 5.37. The van der Waals surface area contributed by atoms with Gasteiger partial charge in [-0.2, -0.15) is 5.10 Å². The Labute approximate surface area is 181 Å². The van der Waals surface area contributed by atoms with E-state index in [0.717, 1.165) is 44.7 Å². The average Bonchev–Trinajstić information content (AvgIpc) is 3.23. The van der Waals surface area contributed by atoms with Crippen molar-refractivity contribution in [2.45, 2.75) is 18.9 Å². The van der Waals surface area contributed by atoms with Crippen LogP contribution in [0, 0.1) is 0 Å². The predicted molar refractivity (Wildman–Crippen MR) is 116 cm³/mol. The minimum absolute atomic E-state index is 0. The summed E-state index contributed by atoms with van der Waals surface area (Å²) in [5.41, 5.74) is 1.83. The van der Waals surface area contributed by atoms with Crippen LogP contribution in [0.4, 0.5) is 11.4 Å². The third-order valence-corrected chi connectivity index (χ3v) is 5.68. The molecule has 2 saturated heterocycles. The van der Waals surface area contributed by atoms with Crippen LogP contribution in [-0.2, 0) is 4.74 Å². The Morgan fingerprint density at radius 2 is 1.97 bits per heavy atom. The lowest BCUT2D eigenvalue weighted by molar-refractivity contribution is 0.0925. The van der Waals surface area contributed by atoms with Crippen LogP contribution in [0.25, 0.3) is 0 Å². The summed E-state index contributed by atoms with van der Waals surface area (Å²) in [7, 11) is 0. The molecule has 4 rings (SSSR count). The number of rotatable bonds is 5. The van der Waals surface area contributed by atoms with Crippen LogP contribution in [0.2, 0.25) is 5.02 Å². The molecule has 0 saturated carbocycles. The topological polar surface area (TPSA) is 111 Å². The Hall–Kier alpha value is -2.62. The zero-order valence-electron chi connectivity index (χ0n) is 16.5. The van der Waals surface area contributed by atoms with Crippen LogP contribution in [-0.4, -0.2) is 67.4 Å². The van der Waals surface area contributed by atoms with Crippen LogP contribution >= 0.6 is 11.6 Å². The molecule has 3 heterocycles. The van der Waals surface area contributed by atoms with Crippen LogP contribution in [0.5, 0.6) is 0 Å². The van der Waals surface area contributed by atoms with Crippen molar-refractivity contribution in [1.29, 1.82) is 0 Å². The highest BCUT2D eigenvalue weighted by molar-refractivity contribution is 6.34. The molecule has 2 amide bonds. The second-order valence-corrected chi connectivity index (χ2v) is 7.78. The number of amides is 2. The van der Waals surface area contributed by atoms with Crippen molar-refractivity contribution in [1.82, 2.24) is 20.8 Å². The lowest BCUT2D eigenvalue weighted by Gasteiger charge is -2.29. The Balaban J connectivity index is 0.00000272. The van der Waals surface area contributed by atoms with E-state index in [-0.39, 0.29) is 19.1 Å². The number of carbonyl (C=O) groups is 2. The van der Waals surface area contributed by atoms with E-state index in [9.17, 15) is 9.59 Å². The minimum Gasteiger partial charge on any atom is -0.378 e. The maximum Gasteiger partial charge on any atom is 0.271 e. The molecule has 0 radical (unpaired) electrons. The molecule has 0 atom stereocenters. The Morgan fingerprint density at radius 1 is 1.20 bits per heavy atom. The van der Waals surface area contributed by atoms with Crippen molar-refractivity contribution in [3.63, 3.8) is 0 Å². The number of nitrogens with one attached hydrogen (secondary N) is 4. The summed E-state index contributed by atoms with van der Waals surface area (Å²) in [6.45, 7) is 4.65. The molecule has 2 fully saturated rings. The maximum atomic E-state index is 12.8. The first-order chi connectivity index (χ1) is 14.6. The molecule has 9 nitrogen and oxygen atoms in total. The van der Waals surface area contributed by atoms with Gasteiger partial charge >= 0.3 is 0 Å². The first-order valence-corrected chi connectivity index (χ1v) is 10.5. The molecular formula is C20H27ClN6O3. The van der Waals surface area contributed by atoms with Crippen molar-refractivity contribution < 1.29 is 15.8 Å². The Bertz CT molecular complexity index is 912. The van der Waals surface area contributed by atoms with E-state index in [1.807, 2.05) is 6.07 Å². The Kier molecular flexibility index (Phi) is 6.51. The molecule has 2 aliphatic heterocycles. The average molecular weight is 435 g/mol. The van der Waals surface area contributed by atoms with E-state index >= 15 is 0 Å². The number of H-pyrrole nitrogens is 1. The van der Waals surface area contributed by atoms with Gasteiger partial charge in [0.05, 0.1) is 35.7 Å². The molecule has 1 aromatic heterocycles. The molecule has 1 aromatic carbocycles. The molecule has 162 valence electrons. The quantitative estimate of drug-likeness (QED) is 0.571. The predicted octanol–water partition coefficient (Wildman–Crippen LogP) is 1.88. The molecular weight excluding hydrogens is 408 g/mol. The number of carbonyl (C=O) groups excluding carboxylic acids is 2. The van der Waals surface area contributed by atoms with Gasteiger partial charge in [-0.15, -0.1) is 0 Å². The van der Waals surface area contributed by atoms with E-state index in [1.165, 1.54) is 6.20 Å². The minimum atomic E-state index is -0.397. The highest BCUT2D eigenvalue weighted by Crippen LogP contribution is 2.25. The van der Waals surface area contributed by atoms with E-state index in [0.29, 0.717) is 29.5 Å². The van der Waals surface area contributed by atoms with Gasteiger partial charge in [0, 0.05) is 26.2 Å². The zero-order valence-corrected chi connectivity index (χ0v) is 17.3. The number of hydrogen-bond donors (Lipinski definition) is 4. The number of benzene rings is 1. The number of morpholine rings is 1. The fourth-order valence-corrected chi connectivity index (χ4v) is 3.93. The number of halogens is 1. The summed E-state index contributed by atoms with van der Waals surface area (Å²) in [5, 5.41) is 15.9. The Morgan fingerprint density at radius 3 is 2.70 bits per heavy atom. The zero-order chi connectivity index (χ0) is 20.9. The van der Waals surface area contributed by atoms with Gasteiger partial charge < -0.3 is 25.6 Å². The molecule has 0 aliphatic carbocycles. The monoisotopic (exact) mass is 434 g/mol. The van der Waals surface area contributed by atoms with E-state index in [4.69, 9.17) is 16.3 Å². The number of ether oxygens (including phenoxy) is 1. The molecule has 0 unspecified atom stereocenters. The fraction of sp³-hybridized carbons (Fsp3) is 0.450. The van der Waals surface area contributed by atoms with Crippen LogP contribution < -0.4 is 20.9 Å². The van der Waals surface area contributed by atoms with Gasteiger partial charge in [0.2, 0.25) is 0 Å². The van der Waals surface area contributed by atoms with Gasteiger partial charge in [-0.25, -0.2) is 0 Å². The van der Waals surface area contributed by atoms with Gasteiger partial charge in [0.1, 0.15) is 5.69 Å². The first-order valence-electron chi connectivity index (χ1n) is 10.1. The van der Waals surface area contributed by atoms with Gasteiger partial charge in [-0.05, 0) is 44.1 Å². The largest absolute Gasteiger partial charge is 0.378 e. The number of hydrogen-bond acceptors (Lipinski definition) is 6. The lowest BCUT2D eigenvalue weighted by atomic mass is 10.1. The van der Waals surface area contributed by atoms with Crippen LogP contribution in [0.1, 0.15) is 35.1 Å². The standard InChI is InChI=1S/C20H25ClN6O3.H2/c21-16-11-14(27-7-9-30-10-8-27)1-2-15(16)19(28)25-17-12-23-26-18(17)20(29)24-13-3-5-22-6-4-13;/h1-2,11-13,22H,3-10H2,(H,23,26)(H,24,29)(H,25,28);1H. The first kappa shape index (κ1) is 20.6. The second-order valence-electron chi connectivity index (χ2n) is 7.37. The third kappa shape index (κ3) is 4.75. The van der Waals surface area contributed by atoms with Crippen molar-refractivity contribution in [3.05, 3.63) is 40.7 Å². The van der Waals surface area contributed by atoms with Gasteiger partial charge in [-0.1, -0.05) is 11.6 Å². The van der Waals surface area contributed by atoms with Crippen molar-refractivity contribution in [2.75, 3.05) is 49.6 Å². The second kappa shape index (κ2) is 9.46. The number of aromatic amines is 1. The smallest absolute Gasteiger partial charge is 0.271 e. The van der Waals surface area contributed by atoms with Crippen LogP contribution in [0.3, 0.4) is 0 Å². The van der Waals surface area contributed by atoms with Gasteiger partial charge in [-0.3, -0.25) is 14.7 Å². The van der Waals surface area contributed by atoms with E-state index in [2.05, 4.69) is 31.0 Å². The van der Waals surface area contributed by atoms with Crippen molar-refractivity contribution >= 4 is 34.8 Å². The molecule has 0 bridgehead atoms. The molecule has 2 aromatic rings. The van der Waals surface area contributed by atoms with Gasteiger partial charge in [0.25, 0.3) is 11.8 Å². The normalized spacial score (nSPS) is 17.6. The number of anilines is 2. The van der Waals surface area contributed by atoms with Crippen molar-refractivity contribution in [3.8, 4) is 0 Å². The highest BCUT2D eigenvalue weighted by atomic mass is 35.5. The van der Waals surface area contributed by atoms with Gasteiger partial charge in [0.15, 0.2) is 0 Å². The van der Waals surface area contributed by atoms with E-state index < -0.39 is 5.91 Å². The molecule has 30 heavy (non-hydrogen) atoms. The molecule has 10 heteroatoms. The highest BCUT2D eigenvalue weighted by Gasteiger charge is 2.22.